The molecule has 1 N–H and O–H groups in total. The fourth-order valence-corrected chi connectivity index (χ4v) is 4.08. The van der Waals surface area contributed by atoms with Crippen LogP contribution in [0.25, 0.3) is 0 Å². The van der Waals surface area contributed by atoms with Crippen LogP contribution in [-0.2, 0) is 15.6 Å². The molecule has 5 heteroatoms. The summed E-state index contributed by atoms with van der Waals surface area (Å²) < 4.78 is 11.6. The molecule has 0 bridgehead atoms. The van der Waals surface area contributed by atoms with Crippen LogP contribution < -0.4 is 5.32 Å². The van der Waals surface area contributed by atoms with Crippen molar-refractivity contribution < 1.29 is 9.00 Å². The Balaban J connectivity index is 1.95. The Morgan fingerprint density at radius 1 is 1.43 bits per heavy atom. The standard InChI is InChI=1S/C16H22N2O2S/c1-11-6-4-5-7-13(11)14-17-16(8-9-16)15(19)18(14)12(2)10-21(3)20/h4-7,12,14,17H,8-10H2,1-3H3. The smallest absolute Gasteiger partial charge is 0.244 e. The highest BCUT2D eigenvalue weighted by Gasteiger charge is 2.60. The van der Waals surface area contributed by atoms with E-state index in [9.17, 15) is 9.00 Å². The van der Waals surface area contributed by atoms with Gasteiger partial charge in [0, 0.05) is 28.9 Å². The number of carbonyl (C=O) groups is 1. The Hall–Kier alpha value is -1.20. The highest BCUT2D eigenvalue weighted by Crippen LogP contribution is 2.47. The molecule has 1 aromatic carbocycles. The summed E-state index contributed by atoms with van der Waals surface area (Å²) in [6, 6.07) is 8.13. The van der Waals surface area contributed by atoms with Gasteiger partial charge in [-0.1, -0.05) is 24.3 Å². The maximum Gasteiger partial charge on any atom is 0.244 e. The molecule has 21 heavy (non-hydrogen) atoms. The summed E-state index contributed by atoms with van der Waals surface area (Å²) in [5.41, 5.74) is 1.97. The average Bonchev–Trinajstić information content (AvgIpc) is 3.12. The molecule has 1 aliphatic carbocycles. The first-order valence-corrected chi connectivity index (χ1v) is 9.13. The van der Waals surface area contributed by atoms with E-state index in [-0.39, 0.29) is 23.7 Å². The summed E-state index contributed by atoms with van der Waals surface area (Å²) >= 11 is 0. The molecule has 1 spiro atoms. The second-order valence-electron chi connectivity index (χ2n) is 6.29. The Bertz CT molecular complexity index is 598. The largest absolute Gasteiger partial charge is 0.318 e. The number of hydrogen-bond donors (Lipinski definition) is 1. The number of nitrogens with one attached hydrogen (secondary N) is 1. The molecule has 1 saturated heterocycles. The SMILES string of the molecule is Cc1ccccc1C1NC2(CC2)C(=O)N1C(C)CS(C)=O. The highest BCUT2D eigenvalue weighted by molar-refractivity contribution is 7.84. The lowest BCUT2D eigenvalue weighted by molar-refractivity contribution is -0.132. The van der Waals surface area contributed by atoms with Gasteiger partial charge in [0.1, 0.15) is 11.7 Å². The average molecular weight is 306 g/mol. The Kier molecular flexibility index (Phi) is 3.66. The molecule has 1 heterocycles. The van der Waals surface area contributed by atoms with Crippen LogP contribution in [0.5, 0.6) is 0 Å². The number of benzene rings is 1. The van der Waals surface area contributed by atoms with Gasteiger partial charge in [0.05, 0.1) is 0 Å². The molecule has 2 aliphatic rings. The van der Waals surface area contributed by atoms with Gasteiger partial charge in [0.25, 0.3) is 0 Å². The molecule has 1 amide bonds. The van der Waals surface area contributed by atoms with Crippen molar-refractivity contribution in [1.82, 2.24) is 10.2 Å². The zero-order valence-corrected chi connectivity index (χ0v) is 13.6. The maximum absolute atomic E-state index is 12.8. The van der Waals surface area contributed by atoms with Gasteiger partial charge in [-0.15, -0.1) is 0 Å². The lowest BCUT2D eigenvalue weighted by Crippen LogP contribution is -2.41. The molecular weight excluding hydrogens is 284 g/mol. The van der Waals surface area contributed by atoms with E-state index in [0.717, 1.165) is 18.4 Å². The van der Waals surface area contributed by atoms with E-state index < -0.39 is 10.8 Å². The van der Waals surface area contributed by atoms with Crippen LogP contribution in [0.4, 0.5) is 0 Å². The van der Waals surface area contributed by atoms with Crippen LogP contribution in [0.15, 0.2) is 24.3 Å². The zero-order valence-electron chi connectivity index (χ0n) is 12.8. The van der Waals surface area contributed by atoms with Crippen LogP contribution in [0, 0.1) is 6.92 Å². The molecule has 3 unspecified atom stereocenters. The normalized spacial score (nSPS) is 26.1. The zero-order chi connectivity index (χ0) is 15.2. The van der Waals surface area contributed by atoms with Gasteiger partial charge in [-0.3, -0.25) is 14.3 Å². The molecule has 114 valence electrons. The minimum absolute atomic E-state index is 0.0274. The highest BCUT2D eigenvalue weighted by atomic mass is 32.2. The predicted octanol–water partition coefficient (Wildman–Crippen LogP) is 1.73. The maximum atomic E-state index is 12.8. The van der Waals surface area contributed by atoms with Crippen LogP contribution in [0.2, 0.25) is 0 Å². The summed E-state index contributed by atoms with van der Waals surface area (Å²) in [5, 5.41) is 3.53. The number of nitrogens with zero attached hydrogens (tertiary/aromatic N) is 1. The fourth-order valence-electron chi connectivity index (χ4n) is 3.24. The van der Waals surface area contributed by atoms with Crippen LogP contribution in [0.3, 0.4) is 0 Å². The summed E-state index contributed by atoms with van der Waals surface area (Å²) in [6.45, 7) is 4.06. The molecule has 0 aromatic heterocycles. The van der Waals surface area contributed by atoms with E-state index in [1.807, 2.05) is 24.0 Å². The van der Waals surface area contributed by atoms with E-state index in [0.29, 0.717) is 5.75 Å². The van der Waals surface area contributed by atoms with E-state index in [1.165, 1.54) is 5.56 Å². The van der Waals surface area contributed by atoms with Crippen molar-refractivity contribution in [3.63, 3.8) is 0 Å². The molecule has 3 atom stereocenters. The first-order chi connectivity index (χ1) is 9.94. The Morgan fingerprint density at radius 3 is 2.67 bits per heavy atom. The van der Waals surface area contributed by atoms with Gasteiger partial charge < -0.3 is 4.90 Å². The van der Waals surface area contributed by atoms with E-state index in [2.05, 4.69) is 24.4 Å². The quantitative estimate of drug-likeness (QED) is 0.921. The fraction of sp³-hybridized carbons (Fsp3) is 0.562. The molecule has 1 aromatic rings. The third kappa shape index (κ3) is 2.53. The van der Waals surface area contributed by atoms with Crippen molar-refractivity contribution >= 4 is 16.7 Å². The number of aryl methyl sites for hydroxylation is 1. The second kappa shape index (κ2) is 5.21. The Labute approximate surface area is 128 Å². The molecular formula is C16H22N2O2S. The van der Waals surface area contributed by atoms with Crippen LogP contribution in [-0.4, -0.2) is 38.6 Å². The monoisotopic (exact) mass is 306 g/mol. The number of carbonyl (C=O) groups excluding carboxylic acids is 1. The van der Waals surface area contributed by atoms with Gasteiger partial charge in [0.2, 0.25) is 5.91 Å². The van der Waals surface area contributed by atoms with E-state index >= 15 is 0 Å². The summed E-state index contributed by atoms with van der Waals surface area (Å²) in [5.74, 6) is 0.694. The molecule has 0 radical (unpaired) electrons. The summed E-state index contributed by atoms with van der Waals surface area (Å²) in [4.78, 5) is 14.7. The third-order valence-electron chi connectivity index (χ3n) is 4.52. The topological polar surface area (TPSA) is 49.4 Å². The minimum Gasteiger partial charge on any atom is -0.318 e. The van der Waals surface area contributed by atoms with Gasteiger partial charge in [0.15, 0.2) is 0 Å². The van der Waals surface area contributed by atoms with Gasteiger partial charge in [-0.05, 0) is 37.8 Å². The summed E-state index contributed by atoms with van der Waals surface area (Å²) in [7, 11) is -0.909. The van der Waals surface area contributed by atoms with Crippen molar-refractivity contribution in [1.29, 1.82) is 0 Å². The van der Waals surface area contributed by atoms with Crippen molar-refractivity contribution in [2.75, 3.05) is 12.0 Å². The van der Waals surface area contributed by atoms with E-state index in [1.54, 1.807) is 6.26 Å². The van der Waals surface area contributed by atoms with Gasteiger partial charge >= 0.3 is 0 Å². The molecule has 1 aliphatic heterocycles. The minimum atomic E-state index is -0.909. The lowest BCUT2D eigenvalue weighted by Gasteiger charge is -2.31. The number of rotatable bonds is 4. The van der Waals surface area contributed by atoms with E-state index in [4.69, 9.17) is 0 Å². The van der Waals surface area contributed by atoms with Crippen LogP contribution >= 0.6 is 0 Å². The molecule has 4 nitrogen and oxygen atoms in total. The number of hydrogen-bond acceptors (Lipinski definition) is 3. The molecule has 3 rings (SSSR count). The molecule has 2 fully saturated rings. The van der Waals surface area contributed by atoms with Crippen molar-refractivity contribution in [2.24, 2.45) is 0 Å². The van der Waals surface area contributed by atoms with Gasteiger partial charge in [-0.2, -0.15) is 0 Å². The third-order valence-corrected chi connectivity index (χ3v) is 5.47. The van der Waals surface area contributed by atoms with Crippen molar-refractivity contribution in [3.8, 4) is 0 Å². The number of amides is 1. The molecule has 1 saturated carbocycles. The van der Waals surface area contributed by atoms with Crippen molar-refractivity contribution in [3.05, 3.63) is 35.4 Å². The first-order valence-electron chi connectivity index (χ1n) is 7.41. The van der Waals surface area contributed by atoms with Crippen LogP contribution in [0.1, 0.15) is 37.1 Å². The first kappa shape index (κ1) is 14.7. The van der Waals surface area contributed by atoms with Gasteiger partial charge in [-0.25, -0.2) is 0 Å². The summed E-state index contributed by atoms with van der Waals surface area (Å²) in [6.07, 6.45) is 3.42. The predicted molar refractivity (Wildman–Crippen MR) is 84.3 cm³/mol. The van der Waals surface area contributed by atoms with Crippen molar-refractivity contribution in [2.45, 2.75) is 44.4 Å². The Morgan fingerprint density at radius 2 is 2.10 bits per heavy atom. The lowest BCUT2D eigenvalue weighted by atomic mass is 10.1. The second-order valence-corrected chi connectivity index (χ2v) is 7.77.